The predicted molar refractivity (Wildman–Crippen MR) is 81.7 cm³/mol. The van der Waals surface area contributed by atoms with E-state index in [4.69, 9.17) is 11.6 Å². The highest BCUT2D eigenvalue weighted by molar-refractivity contribution is 7.98. The van der Waals surface area contributed by atoms with Crippen molar-refractivity contribution in [3.63, 3.8) is 0 Å². The van der Waals surface area contributed by atoms with Gasteiger partial charge in [-0.15, -0.1) is 11.8 Å². The van der Waals surface area contributed by atoms with Gasteiger partial charge in [-0.2, -0.15) is 0 Å². The third kappa shape index (κ3) is 3.64. The first-order valence-electron chi connectivity index (χ1n) is 5.95. The fraction of sp³-hybridized carbons (Fsp3) is 0.200. The summed E-state index contributed by atoms with van der Waals surface area (Å²) in [6, 6.07) is 13.0. The fourth-order valence-corrected chi connectivity index (χ4v) is 2.40. The second-order valence-electron chi connectivity index (χ2n) is 4.27. The molecule has 4 heteroatoms. The van der Waals surface area contributed by atoms with Crippen LogP contribution in [0.2, 0.25) is 5.02 Å². The lowest BCUT2D eigenvalue weighted by Gasteiger charge is -2.16. The summed E-state index contributed by atoms with van der Waals surface area (Å²) in [5.74, 6) is -0.384. The molecule has 1 N–H and O–H groups in total. The van der Waals surface area contributed by atoms with Gasteiger partial charge in [0.1, 0.15) is 5.82 Å². The van der Waals surface area contributed by atoms with Crippen LogP contribution in [0.15, 0.2) is 47.4 Å². The van der Waals surface area contributed by atoms with Gasteiger partial charge in [-0.1, -0.05) is 23.7 Å². The molecule has 0 saturated heterocycles. The lowest BCUT2D eigenvalue weighted by Crippen LogP contribution is -2.06. The third-order valence-electron chi connectivity index (χ3n) is 2.90. The minimum Gasteiger partial charge on any atom is -0.378 e. The second kappa shape index (κ2) is 6.31. The summed E-state index contributed by atoms with van der Waals surface area (Å²) in [5.41, 5.74) is 1.89. The van der Waals surface area contributed by atoms with Crippen molar-refractivity contribution in [1.29, 1.82) is 0 Å². The summed E-state index contributed by atoms with van der Waals surface area (Å²) >= 11 is 7.38. The number of thioether (sulfide) groups is 1. The Kier molecular flexibility index (Phi) is 4.72. The molecule has 0 aliphatic carbocycles. The molecular weight excluding hydrogens is 281 g/mol. The van der Waals surface area contributed by atoms with Gasteiger partial charge in [0.2, 0.25) is 0 Å². The zero-order valence-electron chi connectivity index (χ0n) is 10.8. The van der Waals surface area contributed by atoms with E-state index in [1.54, 1.807) is 17.8 Å². The molecule has 0 radical (unpaired) electrons. The predicted octanol–water partition coefficient (Wildman–Crippen LogP) is 5.37. The standard InChI is InChI=1S/C15H15ClFNS/c1-10(11-6-7-14(16)15(17)8-11)18-12-4-3-5-13(9-12)19-2/h3-10,18H,1-2H3. The summed E-state index contributed by atoms with van der Waals surface area (Å²) in [7, 11) is 0. The summed E-state index contributed by atoms with van der Waals surface area (Å²) in [4.78, 5) is 1.19. The second-order valence-corrected chi connectivity index (χ2v) is 5.56. The van der Waals surface area contributed by atoms with Gasteiger partial charge in [0.25, 0.3) is 0 Å². The fourth-order valence-electron chi connectivity index (χ4n) is 1.83. The minimum atomic E-state index is -0.384. The Labute approximate surface area is 122 Å². The van der Waals surface area contributed by atoms with Crippen molar-refractivity contribution in [2.45, 2.75) is 17.9 Å². The number of benzene rings is 2. The van der Waals surface area contributed by atoms with E-state index in [-0.39, 0.29) is 16.9 Å². The summed E-state index contributed by atoms with van der Waals surface area (Å²) in [5, 5.41) is 3.51. The Morgan fingerprint density at radius 2 is 2.00 bits per heavy atom. The number of hydrogen-bond acceptors (Lipinski definition) is 2. The first kappa shape index (κ1) is 14.2. The van der Waals surface area contributed by atoms with Gasteiger partial charge in [0.15, 0.2) is 0 Å². The van der Waals surface area contributed by atoms with E-state index in [1.165, 1.54) is 11.0 Å². The first-order chi connectivity index (χ1) is 9.10. The van der Waals surface area contributed by atoms with E-state index in [0.29, 0.717) is 0 Å². The zero-order valence-corrected chi connectivity index (χ0v) is 12.4. The highest BCUT2D eigenvalue weighted by atomic mass is 35.5. The van der Waals surface area contributed by atoms with E-state index in [2.05, 4.69) is 17.4 Å². The molecule has 0 saturated carbocycles. The molecule has 0 fully saturated rings. The van der Waals surface area contributed by atoms with Crippen molar-refractivity contribution in [2.75, 3.05) is 11.6 Å². The maximum atomic E-state index is 13.4. The lowest BCUT2D eigenvalue weighted by atomic mass is 10.1. The van der Waals surface area contributed by atoms with Crippen molar-refractivity contribution in [2.24, 2.45) is 0 Å². The van der Waals surface area contributed by atoms with Gasteiger partial charge in [-0.3, -0.25) is 0 Å². The van der Waals surface area contributed by atoms with Crippen LogP contribution < -0.4 is 5.32 Å². The number of nitrogens with one attached hydrogen (secondary N) is 1. The maximum Gasteiger partial charge on any atom is 0.142 e. The van der Waals surface area contributed by atoms with Crippen LogP contribution in [0.25, 0.3) is 0 Å². The van der Waals surface area contributed by atoms with Gasteiger partial charge in [-0.05, 0) is 49.1 Å². The van der Waals surface area contributed by atoms with Crippen LogP contribution >= 0.6 is 23.4 Å². The maximum absolute atomic E-state index is 13.4. The topological polar surface area (TPSA) is 12.0 Å². The van der Waals surface area contributed by atoms with Crippen molar-refractivity contribution >= 4 is 29.1 Å². The van der Waals surface area contributed by atoms with Crippen LogP contribution in [0.4, 0.5) is 10.1 Å². The SMILES string of the molecule is CSc1cccc(NC(C)c2ccc(Cl)c(F)c2)c1. The molecule has 19 heavy (non-hydrogen) atoms. The van der Waals surface area contributed by atoms with Crippen molar-refractivity contribution in [1.82, 2.24) is 0 Å². The average Bonchev–Trinajstić information content (AvgIpc) is 2.42. The van der Waals surface area contributed by atoms with Gasteiger partial charge in [-0.25, -0.2) is 4.39 Å². The molecule has 0 aliphatic heterocycles. The molecule has 1 unspecified atom stereocenters. The van der Waals surface area contributed by atoms with Crippen molar-refractivity contribution in [3.05, 3.63) is 58.9 Å². The smallest absolute Gasteiger partial charge is 0.142 e. The highest BCUT2D eigenvalue weighted by Crippen LogP contribution is 2.25. The zero-order chi connectivity index (χ0) is 13.8. The van der Waals surface area contributed by atoms with Crippen molar-refractivity contribution < 1.29 is 4.39 Å². The Bertz CT molecular complexity index is 574. The number of anilines is 1. The summed E-state index contributed by atoms with van der Waals surface area (Å²) in [6.07, 6.45) is 2.04. The molecule has 1 nitrogen and oxygen atoms in total. The molecule has 2 aromatic rings. The molecular formula is C15H15ClFNS. The molecule has 0 heterocycles. The van der Waals surface area contributed by atoms with E-state index in [9.17, 15) is 4.39 Å². The van der Waals surface area contributed by atoms with Crippen LogP contribution in [0.1, 0.15) is 18.5 Å². The first-order valence-corrected chi connectivity index (χ1v) is 7.56. The molecule has 0 amide bonds. The van der Waals surface area contributed by atoms with E-state index in [0.717, 1.165) is 11.3 Å². The van der Waals surface area contributed by atoms with Gasteiger partial charge in [0, 0.05) is 16.6 Å². The number of rotatable bonds is 4. The Hall–Kier alpha value is -1.19. The van der Waals surface area contributed by atoms with Crippen LogP contribution in [-0.2, 0) is 0 Å². The Morgan fingerprint density at radius 1 is 1.21 bits per heavy atom. The third-order valence-corrected chi connectivity index (χ3v) is 3.93. The van der Waals surface area contributed by atoms with E-state index < -0.39 is 0 Å². The molecule has 0 aliphatic rings. The molecule has 2 aromatic carbocycles. The average molecular weight is 296 g/mol. The van der Waals surface area contributed by atoms with Gasteiger partial charge >= 0.3 is 0 Å². The molecule has 0 spiro atoms. The van der Waals surface area contributed by atoms with Gasteiger partial charge in [0.05, 0.1) is 5.02 Å². The quantitative estimate of drug-likeness (QED) is 0.761. The lowest BCUT2D eigenvalue weighted by molar-refractivity contribution is 0.624. The van der Waals surface area contributed by atoms with Crippen LogP contribution in [-0.4, -0.2) is 6.26 Å². The van der Waals surface area contributed by atoms with Crippen LogP contribution in [0.5, 0.6) is 0 Å². The molecule has 100 valence electrons. The molecule has 2 rings (SSSR count). The van der Waals surface area contributed by atoms with Crippen LogP contribution in [0, 0.1) is 5.82 Å². The molecule has 0 bridgehead atoms. The van der Waals surface area contributed by atoms with E-state index >= 15 is 0 Å². The number of hydrogen-bond donors (Lipinski definition) is 1. The normalized spacial score (nSPS) is 12.2. The Morgan fingerprint density at radius 3 is 2.68 bits per heavy atom. The van der Waals surface area contributed by atoms with Crippen LogP contribution in [0.3, 0.4) is 0 Å². The van der Waals surface area contributed by atoms with Gasteiger partial charge < -0.3 is 5.32 Å². The highest BCUT2D eigenvalue weighted by Gasteiger charge is 2.08. The molecule has 1 atom stereocenters. The largest absolute Gasteiger partial charge is 0.378 e. The van der Waals surface area contributed by atoms with Crippen molar-refractivity contribution in [3.8, 4) is 0 Å². The Balaban J connectivity index is 2.15. The van der Waals surface area contributed by atoms with E-state index in [1.807, 2.05) is 31.4 Å². The molecule has 0 aromatic heterocycles. The summed E-state index contributed by atoms with van der Waals surface area (Å²) < 4.78 is 13.4. The monoisotopic (exact) mass is 295 g/mol. The number of halogens is 2. The minimum absolute atomic E-state index is 0.0175. The summed E-state index contributed by atoms with van der Waals surface area (Å²) in [6.45, 7) is 1.99.